The Kier molecular flexibility index (Phi) is 13.2. The van der Waals surface area contributed by atoms with Gasteiger partial charge in [0, 0.05) is 30.9 Å². The lowest BCUT2D eigenvalue weighted by Gasteiger charge is -2.46. The van der Waals surface area contributed by atoms with Crippen LogP contribution in [0.15, 0.2) is 73.3 Å². The van der Waals surface area contributed by atoms with Crippen molar-refractivity contribution in [3.05, 3.63) is 73.3 Å². The first-order chi connectivity index (χ1) is 21.0. The van der Waals surface area contributed by atoms with Crippen molar-refractivity contribution in [2.45, 2.75) is 116 Å². The van der Waals surface area contributed by atoms with Crippen LogP contribution in [0.2, 0.25) is 5.04 Å². The number of ether oxygens (including phenoxy) is 2. The minimum Gasteiger partial charge on any atom is -0.407 e. The summed E-state index contributed by atoms with van der Waals surface area (Å²) in [5, 5.41) is 25.9. The number of benzene rings is 2. The molecule has 0 amide bonds. The first kappa shape index (κ1) is 37.6. The third-order valence-corrected chi connectivity index (χ3v) is 14.8. The van der Waals surface area contributed by atoms with Crippen molar-refractivity contribution >= 4 is 18.7 Å². The van der Waals surface area contributed by atoms with Crippen LogP contribution in [-0.4, -0.2) is 80.4 Å². The lowest BCUT2D eigenvalue weighted by Crippen LogP contribution is -2.67. The molecule has 0 aromatic heterocycles. The summed E-state index contributed by atoms with van der Waals surface area (Å²) >= 11 is 0. The second-order valence-electron chi connectivity index (χ2n) is 15.1. The maximum Gasteiger partial charge on any atom is 0.261 e. The number of hydrogen-bond acceptors (Lipinski definition) is 6. The van der Waals surface area contributed by atoms with Gasteiger partial charge in [-0.15, -0.1) is 6.58 Å². The molecule has 1 heterocycles. The van der Waals surface area contributed by atoms with E-state index in [-0.39, 0.29) is 28.9 Å². The molecule has 2 N–H and O–H groups in total. The molecular weight excluding hydrogens is 579 g/mol. The standard InChI is InChI=1S/C38H61NO5Si/c1-12-28(3)35(40)30(5)36(44-34-24-31(39(10)11)23-29(4)43-34)38(9,41)25-27(2)26-42-45(37(6,7)8,32-19-15-13-16-20-32)33-21-17-14-18-22-33/h12-22,27-31,34-36,40-41H,1,23-26H2,2-11H3/t27-,28+,29-,30?,31+,34?,35-,36-,38-/m1/s1. The second-order valence-corrected chi connectivity index (χ2v) is 19.4. The third-order valence-electron chi connectivity index (χ3n) is 9.78. The van der Waals surface area contributed by atoms with Gasteiger partial charge in [-0.05, 0) is 62.1 Å². The molecule has 9 atom stereocenters. The highest BCUT2D eigenvalue weighted by Crippen LogP contribution is 2.39. The Morgan fingerprint density at radius 3 is 1.98 bits per heavy atom. The van der Waals surface area contributed by atoms with E-state index in [0.29, 0.717) is 25.5 Å². The molecule has 0 bridgehead atoms. The Morgan fingerprint density at radius 1 is 0.978 bits per heavy atom. The minimum atomic E-state index is -2.72. The van der Waals surface area contributed by atoms with Gasteiger partial charge in [-0.25, -0.2) is 0 Å². The summed E-state index contributed by atoms with van der Waals surface area (Å²) in [4.78, 5) is 2.21. The van der Waals surface area contributed by atoms with Crippen molar-refractivity contribution in [1.82, 2.24) is 4.90 Å². The van der Waals surface area contributed by atoms with Gasteiger partial charge in [-0.3, -0.25) is 0 Å². The van der Waals surface area contributed by atoms with E-state index in [1.165, 1.54) is 10.4 Å². The number of rotatable bonds is 15. The number of nitrogens with zero attached hydrogens (tertiary/aromatic N) is 1. The fourth-order valence-electron chi connectivity index (χ4n) is 7.29. The van der Waals surface area contributed by atoms with Gasteiger partial charge in [0.25, 0.3) is 8.32 Å². The Bertz CT molecular complexity index is 1130. The molecule has 0 saturated carbocycles. The quantitative estimate of drug-likeness (QED) is 0.184. The Hall–Kier alpha value is -1.84. The van der Waals surface area contributed by atoms with Gasteiger partial charge in [-0.1, -0.05) is 108 Å². The first-order valence-corrected chi connectivity index (χ1v) is 18.7. The molecule has 1 aliphatic heterocycles. The van der Waals surface area contributed by atoms with E-state index in [1.54, 1.807) is 6.08 Å². The average molecular weight is 640 g/mol. The molecule has 2 aromatic rings. The van der Waals surface area contributed by atoms with Crippen LogP contribution in [0.1, 0.15) is 74.7 Å². The van der Waals surface area contributed by atoms with Crippen LogP contribution in [0.25, 0.3) is 0 Å². The third kappa shape index (κ3) is 9.16. The van der Waals surface area contributed by atoms with E-state index < -0.39 is 32.4 Å². The van der Waals surface area contributed by atoms with Crippen molar-refractivity contribution in [1.29, 1.82) is 0 Å². The monoisotopic (exact) mass is 639 g/mol. The zero-order valence-electron chi connectivity index (χ0n) is 29.6. The summed E-state index contributed by atoms with van der Waals surface area (Å²) in [6.07, 6.45) is 2.00. The predicted molar refractivity (Wildman–Crippen MR) is 188 cm³/mol. The number of aliphatic hydroxyl groups excluding tert-OH is 1. The fourth-order valence-corrected chi connectivity index (χ4v) is 12.0. The van der Waals surface area contributed by atoms with Gasteiger partial charge in [0.1, 0.15) is 0 Å². The summed E-state index contributed by atoms with van der Waals surface area (Å²) in [6, 6.07) is 21.6. The van der Waals surface area contributed by atoms with Gasteiger partial charge in [-0.2, -0.15) is 0 Å². The molecule has 2 unspecified atom stereocenters. The fraction of sp³-hybridized carbons (Fsp3) is 0.632. The Morgan fingerprint density at radius 2 is 1.51 bits per heavy atom. The summed E-state index contributed by atoms with van der Waals surface area (Å²) in [5.74, 6) is -0.510. The molecule has 45 heavy (non-hydrogen) atoms. The van der Waals surface area contributed by atoms with Gasteiger partial charge in [0.15, 0.2) is 6.29 Å². The van der Waals surface area contributed by atoms with Gasteiger partial charge in [0.05, 0.1) is 23.9 Å². The molecule has 7 heteroatoms. The highest BCUT2D eigenvalue weighted by Gasteiger charge is 2.51. The predicted octanol–water partition coefficient (Wildman–Crippen LogP) is 6.00. The first-order valence-electron chi connectivity index (χ1n) is 16.8. The lowest BCUT2D eigenvalue weighted by atomic mass is 9.78. The number of hydrogen-bond donors (Lipinski definition) is 2. The normalized spacial score (nSPS) is 24.3. The molecule has 2 aromatic carbocycles. The highest BCUT2D eigenvalue weighted by molar-refractivity contribution is 6.99. The van der Waals surface area contributed by atoms with Crippen LogP contribution in [-0.2, 0) is 13.9 Å². The molecule has 6 nitrogen and oxygen atoms in total. The zero-order chi connectivity index (χ0) is 33.6. The molecular formula is C38H61NO5Si. The van der Waals surface area contributed by atoms with Crippen LogP contribution in [0.4, 0.5) is 0 Å². The summed E-state index contributed by atoms with van der Waals surface area (Å²) in [6.45, 7) is 21.2. The largest absolute Gasteiger partial charge is 0.407 e. The summed E-state index contributed by atoms with van der Waals surface area (Å²) in [7, 11) is 1.44. The van der Waals surface area contributed by atoms with Gasteiger partial charge >= 0.3 is 0 Å². The highest BCUT2D eigenvalue weighted by atomic mass is 28.4. The Balaban J connectivity index is 1.90. The molecule has 0 radical (unpaired) electrons. The summed E-state index contributed by atoms with van der Waals surface area (Å²) in [5.41, 5.74) is -1.26. The van der Waals surface area contributed by atoms with E-state index in [1.807, 2.05) is 20.8 Å². The van der Waals surface area contributed by atoms with E-state index in [4.69, 9.17) is 13.9 Å². The molecule has 252 valence electrons. The van der Waals surface area contributed by atoms with Crippen molar-refractivity contribution in [3.63, 3.8) is 0 Å². The van der Waals surface area contributed by atoms with Crippen LogP contribution in [0.5, 0.6) is 0 Å². The SMILES string of the molecule is C=C[C@H](C)[C@@H](O)C(C)[C@@H](OC1C[C@@H](N(C)C)C[C@@H](C)O1)[C@](C)(O)C[C@@H](C)CO[Si](c1ccccc1)(c1ccccc1)C(C)(C)C. The smallest absolute Gasteiger partial charge is 0.261 e. The molecule has 0 spiro atoms. The molecule has 1 saturated heterocycles. The van der Waals surface area contributed by atoms with Crippen molar-refractivity contribution in [2.24, 2.45) is 17.8 Å². The topological polar surface area (TPSA) is 71.4 Å². The van der Waals surface area contributed by atoms with Crippen molar-refractivity contribution in [3.8, 4) is 0 Å². The maximum atomic E-state index is 12.2. The van der Waals surface area contributed by atoms with E-state index in [0.717, 1.165) is 6.42 Å². The lowest BCUT2D eigenvalue weighted by molar-refractivity contribution is -0.266. The van der Waals surface area contributed by atoms with Crippen LogP contribution < -0.4 is 10.4 Å². The van der Waals surface area contributed by atoms with Gasteiger partial charge in [0.2, 0.25) is 0 Å². The molecule has 1 aliphatic rings. The summed E-state index contributed by atoms with van der Waals surface area (Å²) < 4.78 is 20.2. The van der Waals surface area contributed by atoms with E-state index in [9.17, 15) is 10.2 Å². The van der Waals surface area contributed by atoms with Crippen LogP contribution in [0.3, 0.4) is 0 Å². The molecule has 3 rings (SSSR count). The molecule has 0 aliphatic carbocycles. The van der Waals surface area contributed by atoms with E-state index >= 15 is 0 Å². The second kappa shape index (κ2) is 15.8. The average Bonchev–Trinajstić information content (AvgIpc) is 2.98. The van der Waals surface area contributed by atoms with Crippen LogP contribution in [0, 0.1) is 17.8 Å². The number of aliphatic hydroxyl groups is 2. The molecule has 1 fully saturated rings. The van der Waals surface area contributed by atoms with Crippen LogP contribution >= 0.6 is 0 Å². The zero-order valence-corrected chi connectivity index (χ0v) is 30.6. The minimum absolute atomic E-state index is 0.00893. The van der Waals surface area contributed by atoms with Crippen molar-refractivity contribution in [2.75, 3.05) is 20.7 Å². The van der Waals surface area contributed by atoms with E-state index in [2.05, 4.69) is 121 Å². The van der Waals surface area contributed by atoms with Crippen molar-refractivity contribution < 1.29 is 24.1 Å². The maximum absolute atomic E-state index is 12.2. The Labute approximate surface area is 274 Å². The van der Waals surface area contributed by atoms with Gasteiger partial charge < -0.3 is 29.0 Å².